The molecule has 3 heterocycles. The van der Waals surface area contributed by atoms with E-state index in [9.17, 15) is 4.79 Å². The Bertz CT molecular complexity index is 1590. The number of piperazine rings is 1. The van der Waals surface area contributed by atoms with Crippen molar-refractivity contribution in [1.29, 1.82) is 0 Å². The van der Waals surface area contributed by atoms with Crippen molar-refractivity contribution >= 4 is 69.3 Å². The van der Waals surface area contributed by atoms with Crippen LogP contribution in [0.5, 0.6) is 0 Å². The first-order valence-electron chi connectivity index (χ1n) is 13.4. The third kappa shape index (κ3) is 5.42. The number of benzene rings is 3. The van der Waals surface area contributed by atoms with Crippen molar-refractivity contribution in [2.75, 3.05) is 43.9 Å². The summed E-state index contributed by atoms with van der Waals surface area (Å²) in [6, 6.07) is 21.4. The maximum atomic E-state index is 12.7. The van der Waals surface area contributed by atoms with Crippen molar-refractivity contribution < 1.29 is 14.4 Å². The van der Waals surface area contributed by atoms with Gasteiger partial charge in [-0.3, -0.25) is 0 Å². The lowest BCUT2D eigenvalue weighted by molar-refractivity contribution is -0.932. The Morgan fingerprint density at radius 2 is 1.90 bits per heavy atom. The van der Waals surface area contributed by atoms with Gasteiger partial charge in [-0.2, -0.15) is 0 Å². The van der Waals surface area contributed by atoms with Crippen molar-refractivity contribution in [1.82, 2.24) is 4.98 Å². The van der Waals surface area contributed by atoms with E-state index >= 15 is 0 Å². The van der Waals surface area contributed by atoms with Gasteiger partial charge in [0, 0.05) is 37.1 Å². The number of rotatable bonds is 5. The van der Waals surface area contributed by atoms with Crippen LogP contribution in [-0.4, -0.2) is 50.0 Å². The molecule has 206 valence electrons. The predicted molar refractivity (Wildman–Crippen MR) is 166 cm³/mol. The van der Waals surface area contributed by atoms with Crippen LogP contribution in [0.25, 0.3) is 10.9 Å². The van der Waals surface area contributed by atoms with E-state index in [-0.39, 0.29) is 12.3 Å². The lowest BCUT2D eigenvalue weighted by Gasteiger charge is -2.38. The summed E-state index contributed by atoms with van der Waals surface area (Å²) in [7, 11) is 0. The van der Waals surface area contributed by atoms with Crippen LogP contribution < -0.4 is 9.80 Å². The van der Waals surface area contributed by atoms with E-state index in [1.807, 2.05) is 17.8 Å². The molecule has 2 aliphatic rings. The molecule has 0 bridgehead atoms. The molecule has 1 aromatic heterocycles. The molecule has 0 saturated carbocycles. The monoisotopic (exact) mass is 610 g/mol. The quantitative estimate of drug-likeness (QED) is 0.203. The third-order valence-corrected chi connectivity index (χ3v) is 10.2. The van der Waals surface area contributed by atoms with E-state index in [0.29, 0.717) is 21.6 Å². The van der Waals surface area contributed by atoms with Gasteiger partial charge in [-0.15, -0.1) is 11.8 Å². The van der Waals surface area contributed by atoms with Gasteiger partial charge < -0.3 is 14.5 Å². The molecule has 4 aromatic rings. The topological polar surface area (TPSA) is 46.9 Å². The van der Waals surface area contributed by atoms with Crippen LogP contribution in [0.3, 0.4) is 0 Å². The largest absolute Gasteiger partial charge is 0.461 e. The molecule has 6 rings (SSSR count). The second-order valence-corrected chi connectivity index (χ2v) is 12.9. The van der Waals surface area contributed by atoms with Crippen LogP contribution in [0, 0.1) is 0 Å². The Morgan fingerprint density at radius 1 is 1.10 bits per heavy atom. The molecule has 1 saturated heterocycles. The Balaban J connectivity index is 1.33. The molecule has 0 amide bonds. The van der Waals surface area contributed by atoms with Crippen molar-refractivity contribution in [2.45, 2.75) is 34.1 Å². The average molecular weight is 612 g/mol. The molecular weight excluding hydrogens is 581 g/mol. The lowest BCUT2D eigenvalue weighted by Crippen LogP contribution is -3.15. The number of nitrogens with zero attached hydrogens (tertiary/aromatic N) is 2. The lowest BCUT2D eigenvalue weighted by atomic mass is 9.96. The molecular formula is C31H30Cl2N3O2S2+. The smallest absolute Gasteiger partial charge is 0.357 e. The zero-order valence-electron chi connectivity index (χ0n) is 22.4. The minimum atomic E-state index is -0.443. The number of hydrogen-bond acceptors (Lipinski definition) is 6. The van der Waals surface area contributed by atoms with Crippen LogP contribution in [0.2, 0.25) is 10.0 Å². The van der Waals surface area contributed by atoms with Gasteiger partial charge in [-0.05, 0) is 61.2 Å². The van der Waals surface area contributed by atoms with Crippen molar-refractivity contribution in [2.24, 2.45) is 0 Å². The molecule has 2 aliphatic heterocycles. The normalized spacial score (nSPS) is 17.3. The Hall–Kier alpha value is -2.42. The number of esters is 1. The third-order valence-electron chi connectivity index (χ3n) is 7.74. The minimum Gasteiger partial charge on any atom is -0.461 e. The Kier molecular flexibility index (Phi) is 8.20. The number of quaternary nitrogens is 1. The number of anilines is 1. The summed E-state index contributed by atoms with van der Waals surface area (Å²) in [5.74, 6) is -0.443. The highest BCUT2D eigenvalue weighted by molar-refractivity contribution is 7.99. The summed E-state index contributed by atoms with van der Waals surface area (Å²) >= 11 is 16.7. The molecule has 9 heteroatoms. The second kappa shape index (κ2) is 11.8. The second-order valence-electron chi connectivity index (χ2n) is 10.0. The van der Waals surface area contributed by atoms with Gasteiger partial charge >= 0.3 is 5.97 Å². The first-order chi connectivity index (χ1) is 19.4. The van der Waals surface area contributed by atoms with Crippen molar-refractivity contribution in [3.8, 4) is 0 Å². The maximum Gasteiger partial charge on any atom is 0.357 e. The van der Waals surface area contributed by atoms with Crippen LogP contribution in [-0.2, 0) is 11.2 Å². The zero-order valence-corrected chi connectivity index (χ0v) is 25.5. The summed E-state index contributed by atoms with van der Waals surface area (Å²) in [4.78, 5) is 25.1. The number of thioether (sulfide) groups is 1. The standard InChI is InChI=1S/C31H29Cl2N3O2S2/c1-3-38-31(37)25-18-27(30-23(33)15-20(32)16-24(30)34-25)36-12-10-35(11-13-36)26-14-19-6-4-5-7-28(19)40-29-9-8-21(39-2)17-22(26)29/h4-9,15-18,26H,3,10-14H2,1-2H3/p+1/t26-/m1/s1. The van der Waals surface area contributed by atoms with Crippen LogP contribution in [0.1, 0.15) is 34.6 Å². The highest BCUT2D eigenvalue weighted by atomic mass is 35.5. The summed E-state index contributed by atoms with van der Waals surface area (Å²) in [6.45, 7) is 5.67. The van der Waals surface area contributed by atoms with E-state index in [0.717, 1.165) is 43.7 Å². The SMILES string of the molecule is CCOC(=O)c1cc(N2CC[NH+]([C@@H]3Cc4ccccc4Sc4ccc(SC)cc43)CC2)c2c(Cl)cc(Cl)cc2n1. The van der Waals surface area contributed by atoms with Gasteiger partial charge in [0.05, 0.1) is 49.0 Å². The van der Waals surface area contributed by atoms with E-state index < -0.39 is 5.97 Å². The Morgan fingerprint density at radius 3 is 2.67 bits per heavy atom. The number of fused-ring (bicyclic) bond motifs is 3. The predicted octanol–water partition coefficient (Wildman–Crippen LogP) is 6.59. The summed E-state index contributed by atoms with van der Waals surface area (Å²) in [5, 5.41) is 1.84. The molecule has 0 radical (unpaired) electrons. The minimum absolute atomic E-state index is 0.272. The van der Waals surface area contributed by atoms with Crippen LogP contribution in [0.4, 0.5) is 5.69 Å². The highest BCUT2D eigenvalue weighted by Gasteiger charge is 2.34. The van der Waals surface area contributed by atoms with Gasteiger partial charge in [0.25, 0.3) is 0 Å². The van der Waals surface area contributed by atoms with Crippen LogP contribution in [0.15, 0.2) is 75.4 Å². The first-order valence-corrected chi connectivity index (χ1v) is 16.2. The number of carbonyl (C=O) groups excluding carboxylic acids is 1. The van der Waals surface area contributed by atoms with E-state index in [1.54, 1.807) is 35.7 Å². The molecule has 3 aromatic carbocycles. The molecule has 5 nitrogen and oxygen atoms in total. The highest BCUT2D eigenvalue weighted by Crippen LogP contribution is 2.41. The van der Waals surface area contributed by atoms with E-state index in [4.69, 9.17) is 27.9 Å². The van der Waals surface area contributed by atoms with E-state index in [1.165, 1.54) is 25.8 Å². The molecule has 1 atom stereocenters. The number of hydrogen-bond donors (Lipinski definition) is 1. The van der Waals surface area contributed by atoms with E-state index in [2.05, 4.69) is 58.6 Å². The van der Waals surface area contributed by atoms with Crippen molar-refractivity contribution in [3.05, 3.63) is 87.5 Å². The number of aromatic nitrogens is 1. The fourth-order valence-corrected chi connectivity index (χ4v) is 7.96. The maximum absolute atomic E-state index is 12.7. The first kappa shape index (κ1) is 27.7. The fourth-order valence-electron chi connectivity index (χ4n) is 5.81. The van der Waals surface area contributed by atoms with Gasteiger partial charge in [0.15, 0.2) is 5.69 Å². The number of pyridine rings is 1. The molecule has 0 spiro atoms. The summed E-state index contributed by atoms with van der Waals surface area (Å²) in [5.41, 5.74) is 4.63. The van der Waals surface area contributed by atoms with Crippen LogP contribution >= 0.6 is 46.7 Å². The summed E-state index contributed by atoms with van der Waals surface area (Å²) in [6.07, 6.45) is 3.15. The molecule has 1 fully saturated rings. The van der Waals surface area contributed by atoms with Gasteiger partial charge in [0.1, 0.15) is 6.04 Å². The Labute approximate surface area is 253 Å². The van der Waals surface area contributed by atoms with Gasteiger partial charge in [-0.1, -0.05) is 53.2 Å². The zero-order chi connectivity index (χ0) is 27.8. The molecule has 0 unspecified atom stereocenters. The fraction of sp³-hybridized carbons (Fsp3) is 0.290. The van der Waals surface area contributed by atoms with Gasteiger partial charge in [0.2, 0.25) is 0 Å². The number of halogens is 2. The molecule has 40 heavy (non-hydrogen) atoms. The summed E-state index contributed by atoms with van der Waals surface area (Å²) < 4.78 is 5.28. The number of carbonyl (C=O) groups is 1. The van der Waals surface area contributed by atoms with Gasteiger partial charge in [-0.25, -0.2) is 9.78 Å². The average Bonchev–Trinajstić information content (AvgIpc) is 3.13. The number of nitrogens with one attached hydrogen (secondary N) is 1. The number of ether oxygens (including phenoxy) is 1. The molecule has 1 N–H and O–H groups in total. The molecule has 0 aliphatic carbocycles. The van der Waals surface area contributed by atoms with Crippen molar-refractivity contribution in [3.63, 3.8) is 0 Å².